The highest BCUT2D eigenvalue weighted by atomic mass is 32.1. The van der Waals surface area contributed by atoms with Gasteiger partial charge in [-0.2, -0.15) is 5.10 Å². The number of nitrogens with zero attached hydrogens (tertiary/aromatic N) is 1. The number of ether oxygens (including phenoxy) is 1. The average molecular weight is 265 g/mol. The van der Waals surface area contributed by atoms with E-state index in [1.165, 1.54) is 11.1 Å². The largest absolute Gasteiger partial charge is 0.383 e. The molecular weight excluding hydrogens is 246 g/mol. The SMILES string of the molecule is COCCNC(=S)N/N=C\c1ccc(C)cc1C. The zero-order valence-electron chi connectivity index (χ0n) is 11.0. The smallest absolute Gasteiger partial charge is 0.187 e. The Labute approximate surface area is 113 Å². The fourth-order valence-electron chi connectivity index (χ4n) is 1.44. The minimum atomic E-state index is 0.494. The van der Waals surface area contributed by atoms with E-state index in [4.69, 9.17) is 17.0 Å². The zero-order chi connectivity index (χ0) is 13.4. The summed E-state index contributed by atoms with van der Waals surface area (Å²) in [5.74, 6) is 0. The number of rotatable bonds is 5. The predicted octanol–water partition coefficient (Wildman–Crippen LogP) is 1.75. The number of hydrazone groups is 1. The lowest BCUT2D eigenvalue weighted by atomic mass is 10.1. The van der Waals surface area contributed by atoms with Crippen molar-refractivity contribution in [3.63, 3.8) is 0 Å². The monoisotopic (exact) mass is 265 g/mol. The van der Waals surface area contributed by atoms with Crippen LogP contribution in [-0.2, 0) is 4.74 Å². The van der Waals surface area contributed by atoms with Gasteiger partial charge in [0, 0.05) is 13.7 Å². The number of aryl methyl sites for hydroxylation is 2. The Hall–Kier alpha value is -1.46. The van der Waals surface area contributed by atoms with Crippen molar-refractivity contribution < 1.29 is 4.74 Å². The molecule has 0 aliphatic carbocycles. The molecule has 0 radical (unpaired) electrons. The summed E-state index contributed by atoms with van der Waals surface area (Å²) in [7, 11) is 1.65. The zero-order valence-corrected chi connectivity index (χ0v) is 11.8. The fraction of sp³-hybridized carbons (Fsp3) is 0.385. The van der Waals surface area contributed by atoms with Gasteiger partial charge >= 0.3 is 0 Å². The average Bonchev–Trinajstić information content (AvgIpc) is 2.32. The van der Waals surface area contributed by atoms with Crippen LogP contribution in [0, 0.1) is 13.8 Å². The van der Waals surface area contributed by atoms with Crippen LogP contribution < -0.4 is 10.7 Å². The number of thiocarbonyl (C=S) groups is 1. The molecule has 18 heavy (non-hydrogen) atoms. The molecule has 1 rings (SSSR count). The van der Waals surface area contributed by atoms with Crippen LogP contribution >= 0.6 is 12.2 Å². The highest BCUT2D eigenvalue weighted by molar-refractivity contribution is 7.80. The Morgan fingerprint density at radius 3 is 2.89 bits per heavy atom. The van der Waals surface area contributed by atoms with Crippen LogP contribution in [0.4, 0.5) is 0 Å². The summed E-state index contributed by atoms with van der Waals surface area (Å²) in [4.78, 5) is 0. The number of hydrogen-bond acceptors (Lipinski definition) is 3. The van der Waals surface area contributed by atoms with E-state index in [1.807, 2.05) is 6.07 Å². The first-order chi connectivity index (χ1) is 8.63. The molecule has 98 valence electrons. The molecule has 0 unspecified atom stereocenters. The molecule has 0 aromatic heterocycles. The van der Waals surface area contributed by atoms with Gasteiger partial charge in [-0.3, -0.25) is 5.43 Å². The van der Waals surface area contributed by atoms with Gasteiger partial charge in [0.15, 0.2) is 5.11 Å². The summed E-state index contributed by atoms with van der Waals surface area (Å²) in [6, 6.07) is 6.22. The molecule has 0 bridgehead atoms. The maximum atomic E-state index is 5.04. The van der Waals surface area contributed by atoms with E-state index >= 15 is 0 Å². The van der Waals surface area contributed by atoms with Crippen LogP contribution in [0.3, 0.4) is 0 Å². The summed E-state index contributed by atoms with van der Waals surface area (Å²) in [5, 5.41) is 7.56. The van der Waals surface area contributed by atoms with E-state index < -0.39 is 0 Å². The summed E-state index contributed by atoms with van der Waals surface area (Å²) in [6.07, 6.45) is 1.76. The first kappa shape index (κ1) is 14.6. The first-order valence-corrected chi connectivity index (χ1v) is 6.17. The van der Waals surface area contributed by atoms with E-state index in [9.17, 15) is 0 Å². The van der Waals surface area contributed by atoms with E-state index in [0.29, 0.717) is 18.3 Å². The number of benzene rings is 1. The lowest BCUT2D eigenvalue weighted by Gasteiger charge is -2.06. The van der Waals surface area contributed by atoms with E-state index in [0.717, 1.165) is 5.56 Å². The third-order valence-corrected chi connectivity index (χ3v) is 2.62. The van der Waals surface area contributed by atoms with E-state index in [-0.39, 0.29) is 0 Å². The van der Waals surface area contributed by atoms with Gasteiger partial charge in [0.2, 0.25) is 0 Å². The minimum absolute atomic E-state index is 0.494. The molecule has 0 amide bonds. The standard InChI is InChI=1S/C13H19N3OS/c1-10-4-5-12(11(2)8-10)9-15-16-13(18)14-6-7-17-3/h4-5,8-9H,6-7H2,1-3H3,(H2,14,16,18)/b15-9-. The summed E-state index contributed by atoms with van der Waals surface area (Å²) < 4.78 is 4.90. The fourth-order valence-corrected chi connectivity index (χ4v) is 1.59. The van der Waals surface area contributed by atoms with Gasteiger partial charge in [-0.15, -0.1) is 0 Å². The summed E-state index contributed by atoms with van der Waals surface area (Å²) in [6.45, 7) is 5.41. The lowest BCUT2D eigenvalue weighted by Crippen LogP contribution is -2.34. The van der Waals surface area contributed by atoms with Crippen LogP contribution in [-0.4, -0.2) is 31.6 Å². The normalized spacial score (nSPS) is 10.6. The van der Waals surface area contributed by atoms with Crippen molar-refractivity contribution >= 4 is 23.5 Å². The molecule has 0 saturated heterocycles. The maximum absolute atomic E-state index is 5.04. The number of hydrogen-bond donors (Lipinski definition) is 2. The van der Waals surface area contributed by atoms with Gasteiger partial charge in [-0.05, 0) is 37.2 Å². The van der Waals surface area contributed by atoms with E-state index in [1.54, 1.807) is 13.3 Å². The van der Waals surface area contributed by atoms with Crippen molar-refractivity contribution in [3.8, 4) is 0 Å². The molecule has 1 aromatic carbocycles. The number of methoxy groups -OCH3 is 1. The summed E-state index contributed by atoms with van der Waals surface area (Å²) >= 11 is 5.04. The molecule has 1 aromatic rings. The highest BCUT2D eigenvalue weighted by Gasteiger charge is 1.95. The van der Waals surface area contributed by atoms with Crippen LogP contribution in [0.1, 0.15) is 16.7 Å². The Bertz CT molecular complexity index is 432. The molecule has 0 atom stereocenters. The Morgan fingerprint density at radius 2 is 2.22 bits per heavy atom. The van der Waals surface area contributed by atoms with Crippen LogP contribution in [0.2, 0.25) is 0 Å². The molecule has 0 heterocycles. The van der Waals surface area contributed by atoms with Crippen molar-refractivity contribution in [2.24, 2.45) is 5.10 Å². The van der Waals surface area contributed by atoms with Crippen LogP contribution in [0.5, 0.6) is 0 Å². The van der Waals surface area contributed by atoms with Crippen LogP contribution in [0.25, 0.3) is 0 Å². The van der Waals surface area contributed by atoms with Gasteiger partial charge in [0.1, 0.15) is 0 Å². The molecule has 0 aliphatic heterocycles. The molecule has 0 fully saturated rings. The molecule has 5 heteroatoms. The Balaban J connectivity index is 2.42. The lowest BCUT2D eigenvalue weighted by molar-refractivity contribution is 0.204. The topological polar surface area (TPSA) is 45.6 Å². The van der Waals surface area contributed by atoms with Gasteiger partial charge in [0.05, 0.1) is 12.8 Å². The van der Waals surface area contributed by atoms with Gasteiger partial charge in [-0.25, -0.2) is 0 Å². The van der Waals surface area contributed by atoms with Crippen LogP contribution in [0.15, 0.2) is 23.3 Å². The van der Waals surface area contributed by atoms with Crippen molar-refractivity contribution in [1.29, 1.82) is 0 Å². The van der Waals surface area contributed by atoms with Crippen molar-refractivity contribution in [2.75, 3.05) is 20.3 Å². The van der Waals surface area contributed by atoms with E-state index in [2.05, 4.69) is 41.8 Å². The second kappa shape index (κ2) is 7.79. The number of nitrogens with one attached hydrogen (secondary N) is 2. The molecule has 0 aliphatic rings. The summed E-state index contributed by atoms with van der Waals surface area (Å²) in [5.41, 5.74) is 6.28. The van der Waals surface area contributed by atoms with Gasteiger partial charge in [-0.1, -0.05) is 23.8 Å². The van der Waals surface area contributed by atoms with Gasteiger partial charge < -0.3 is 10.1 Å². The Kier molecular flexibility index (Phi) is 6.32. The maximum Gasteiger partial charge on any atom is 0.187 e. The second-order valence-electron chi connectivity index (χ2n) is 3.98. The first-order valence-electron chi connectivity index (χ1n) is 5.76. The molecule has 0 spiro atoms. The minimum Gasteiger partial charge on any atom is -0.383 e. The quantitative estimate of drug-likeness (QED) is 0.368. The molecule has 4 nitrogen and oxygen atoms in total. The van der Waals surface area contributed by atoms with Crippen molar-refractivity contribution in [2.45, 2.75) is 13.8 Å². The van der Waals surface area contributed by atoms with Crippen molar-refractivity contribution in [1.82, 2.24) is 10.7 Å². The second-order valence-corrected chi connectivity index (χ2v) is 4.39. The molecular formula is C13H19N3OS. The third-order valence-electron chi connectivity index (χ3n) is 2.39. The molecule has 2 N–H and O–H groups in total. The predicted molar refractivity (Wildman–Crippen MR) is 79.1 cm³/mol. The molecule has 0 saturated carbocycles. The third kappa shape index (κ3) is 5.25. The van der Waals surface area contributed by atoms with Gasteiger partial charge in [0.25, 0.3) is 0 Å². The Morgan fingerprint density at radius 1 is 1.44 bits per heavy atom. The van der Waals surface area contributed by atoms with Crippen molar-refractivity contribution in [3.05, 3.63) is 34.9 Å². The highest BCUT2D eigenvalue weighted by Crippen LogP contribution is 2.07.